The molecule has 2 nitrogen and oxygen atoms in total. The zero-order valence-corrected chi connectivity index (χ0v) is 8.81. The fourth-order valence-corrected chi connectivity index (χ4v) is 1.39. The molecule has 0 aromatic heterocycles. The minimum atomic E-state index is -4.31. The van der Waals surface area contributed by atoms with E-state index in [0.29, 0.717) is 5.56 Å². The van der Waals surface area contributed by atoms with Gasteiger partial charge in [-0.2, -0.15) is 13.2 Å². The van der Waals surface area contributed by atoms with Gasteiger partial charge in [-0.3, -0.25) is 5.84 Å². The smallest absolute Gasteiger partial charge is 0.271 e. The summed E-state index contributed by atoms with van der Waals surface area (Å²) in [5, 5.41) is 0. The van der Waals surface area contributed by atoms with Crippen LogP contribution in [0.15, 0.2) is 36.4 Å². The maximum Gasteiger partial charge on any atom is 0.416 e. The van der Waals surface area contributed by atoms with Gasteiger partial charge in [-0.1, -0.05) is 24.3 Å². The summed E-state index contributed by atoms with van der Waals surface area (Å²) >= 11 is 0. The van der Waals surface area contributed by atoms with Gasteiger partial charge in [-0.05, 0) is 24.6 Å². The molecular formula is C11H13F3N2. The molecule has 1 rings (SSSR count). The zero-order chi connectivity index (χ0) is 12.3. The molecule has 0 aliphatic rings. The number of hydrazine groups is 1. The Kier molecular flexibility index (Phi) is 3.72. The number of hydrogen-bond donors (Lipinski definition) is 2. The van der Waals surface area contributed by atoms with Crippen molar-refractivity contribution in [2.24, 2.45) is 5.84 Å². The lowest BCUT2D eigenvalue weighted by atomic mass is 10.0. The Morgan fingerprint density at radius 3 is 2.12 bits per heavy atom. The average Bonchev–Trinajstić information content (AvgIpc) is 2.17. The van der Waals surface area contributed by atoms with E-state index >= 15 is 0 Å². The minimum Gasteiger partial charge on any atom is -0.271 e. The van der Waals surface area contributed by atoms with E-state index in [0.717, 1.165) is 17.7 Å². The first kappa shape index (κ1) is 12.7. The Morgan fingerprint density at radius 2 is 1.81 bits per heavy atom. The Hall–Kier alpha value is -1.33. The predicted octanol–water partition coefficient (Wildman–Crippen LogP) is 2.79. The van der Waals surface area contributed by atoms with Gasteiger partial charge in [-0.25, -0.2) is 5.43 Å². The molecule has 16 heavy (non-hydrogen) atoms. The van der Waals surface area contributed by atoms with Crippen LogP contribution in [0.25, 0.3) is 0 Å². The molecule has 0 aliphatic carbocycles. The zero-order valence-electron chi connectivity index (χ0n) is 8.81. The number of hydrogen-bond acceptors (Lipinski definition) is 2. The highest BCUT2D eigenvalue weighted by atomic mass is 19.4. The molecule has 1 aromatic rings. The second kappa shape index (κ2) is 4.67. The molecule has 0 bridgehead atoms. The Balaban J connectivity index is 2.98. The topological polar surface area (TPSA) is 38.0 Å². The fourth-order valence-electron chi connectivity index (χ4n) is 1.39. The molecule has 0 fully saturated rings. The van der Waals surface area contributed by atoms with Crippen LogP contribution in [-0.2, 0) is 6.18 Å². The molecule has 0 radical (unpaired) electrons. The first-order valence-electron chi connectivity index (χ1n) is 4.65. The van der Waals surface area contributed by atoms with E-state index < -0.39 is 11.7 Å². The molecule has 1 unspecified atom stereocenters. The number of benzene rings is 1. The van der Waals surface area contributed by atoms with Crippen molar-refractivity contribution in [2.45, 2.75) is 19.1 Å². The van der Waals surface area contributed by atoms with Crippen LogP contribution < -0.4 is 11.3 Å². The third kappa shape index (κ3) is 2.84. The lowest BCUT2D eigenvalue weighted by Gasteiger charge is -2.17. The highest BCUT2D eigenvalue weighted by Crippen LogP contribution is 2.30. The van der Waals surface area contributed by atoms with Crippen molar-refractivity contribution < 1.29 is 13.2 Å². The largest absolute Gasteiger partial charge is 0.416 e. The van der Waals surface area contributed by atoms with Crippen LogP contribution >= 0.6 is 0 Å². The first-order chi connectivity index (χ1) is 7.36. The summed E-state index contributed by atoms with van der Waals surface area (Å²) in [6, 6.07) is 4.51. The summed E-state index contributed by atoms with van der Waals surface area (Å²) in [5.41, 5.74) is 3.22. The molecule has 1 atom stereocenters. The molecular weight excluding hydrogens is 217 g/mol. The highest BCUT2D eigenvalue weighted by Gasteiger charge is 2.30. The van der Waals surface area contributed by atoms with E-state index in [-0.39, 0.29) is 6.04 Å². The van der Waals surface area contributed by atoms with Gasteiger partial charge in [-0.15, -0.1) is 0 Å². The SMILES string of the molecule is C=C(C)C(NN)c1ccc(C(F)(F)F)cc1. The number of nitrogens with two attached hydrogens (primary N) is 1. The van der Waals surface area contributed by atoms with Crippen molar-refractivity contribution in [3.63, 3.8) is 0 Å². The predicted molar refractivity (Wildman–Crippen MR) is 56.3 cm³/mol. The monoisotopic (exact) mass is 230 g/mol. The molecule has 0 amide bonds. The summed E-state index contributed by atoms with van der Waals surface area (Å²) in [6.07, 6.45) is -4.31. The standard InChI is InChI=1S/C11H13F3N2/c1-7(2)10(16-15)8-3-5-9(6-4-8)11(12,13)14/h3-6,10,16H,1,15H2,2H3. The molecule has 0 saturated carbocycles. The van der Waals surface area contributed by atoms with Gasteiger partial charge in [0.15, 0.2) is 0 Å². The quantitative estimate of drug-likeness (QED) is 0.476. The normalized spacial score (nSPS) is 13.6. The molecule has 0 spiro atoms. The van der Waals surface area contributed by atoms with E-state index in [9.17, 15) is 13.2 Å². The van der Waals surface area contributed by atoms with Crippen molar-refractivity contribution in [3.05, 3.63) is 47.5 Å². The van der Waals surface area contributed by atoms with Gasteiger partial charge >= 0.3 is 6.18 Å². The van der Waals surface area contributed by atoms with E-state index in [1.165, 1.54) is 12.1 Å². The van der Waals surface area contributed by atoms with Gasteiger partial charge in [0.25, 0.3) is 0 Å². The van der Waals surface area contributed by atoms with Crippen LogP contribution in [0.2, 0.25) is 0 Å². The van der Waals surface area contributed by atoms with Crippen molar-refractivity contribution >= 4 is 0 Å². The fraction of sp³-hybridized carbons (Fsp3) is 0.273. The lowest BCUT2D eigenvalue weighted by Crippen LogP contribution is -2.28. The summed E-state index contributed by atoms with van der Waals surface area (Å²) in [4.78, 5) is 0. The van der Waals surface area contributed by atoms with Crippen LogP contribution in [0.1, 0.15) is 24.1 Å². The van der Waals surface area contributed by atoms with Crippen molar-refractivity contribution in [2.75, 3.05) is 0 Å². The van der Waals surface area contributed by atoms with Crippen molar-refractivity contribution in [3.8, 4) is 0 Å². The maximum absolute atomic E-state index is 12.3. The van der Waals surface area contributed by atoms with Crippen molar-refractivity contribution in [1.82, 2.24) is 5.43 Å². The van der Waals surface area contributed by atoms with Crippen molar-refractivity contribution in [1.29, 1.82) is 0 Å². The molecule has 0 saturated heterocycles. The molecule has 5 heteroatoms. The third-order valence-electron chi connectivity index (χ3n) is 2.23. The summed E-state index contributed by atoms with van der Waals surface area (Å²) in [6.45, 7) is 5.46. The molecule has 1 aromatic carbocycles. The number of halogens is 3. The second-order valence-electron chi connectivity index (χ2n) is 3.57. The van der Waals surface area contributed by atoms with E-state index in [2.05, 4.69) is 12.0 Å². The summed E-state index contributed by atoms with van der Waals surface area (Å²) in [7, 11) is 0. The van der Waals surface area contributed by atoms with Gasteiger partial charge in [0, 0.05) is 0 Å². The highest BCUT2D eigenvalue weighted by molar-refractivity contribution is 5.30. The molecule has 0 heterocycles. The number of nitrogens with one attached hydrogen (secondary N) is 1. The van der Waals surface area contributed by atoms with Gasteiger partial charge < -0.3 is 0 Å². The van der Waals surface area contributed by atoms with Crippen LogP contribution in [0, 0.1) is 0 Å². The Bertz CT molecular complexity index is 368. The third-order valence-corrected chi connectivity index (χ3v) is 2.23. The van der Waals surface area contributed by atoms with Crippen LogP contribution in [0.5, 0.6) is 0 Å². The van der Waals surface area contributed by atoms with Crippen LogP contribution in [0.3, 0.4) is 0 Å². The van der Waals surface area contributed by atoms with Crippen LogP contribution in [-0.4, -0.2) is 0 Å². The minimum absolute atomic E-state index is 0.331. The lowest BCUT2D eigenvalue weighted by molar-refractivity contribution is -0.137. The van der Waals surface area contributed by atoms with Gasteiger partial charge in [0.1, 0.15) is 0 Å². The second-order valence-corrected chi connectivity index (χ2v) is 3.57. The number of alkyl halides is 3. The molecule has 88 valence electrons. The van der Waals surface area contributed by atoms with E-state index in [4.69, 9.17) is 5.84 Å². The van der Waals surface area contributed by atoms with Gasteiger partial charge in [0.2, 0.25) is 0 Å². The van der Waals surface area contributed by atoms with Gasteiger partial charge in [0.05, 0.1) is 11.6 Å². The summed E-state index contributed by atoms with van der Waals surface area (Å²) in [5.74, 6) is 5.30. The maximum atomic E-state index is 12.3. The Labute approximate surface area is 91.9 Å². The van der Waals surface area contributed by atoms with E-state index in [1.807, 2.05) is 0 Å². The van der Waals surface area contributed by atoms with Crippen LogP contribution in [0.4, 0.5) is 13.2 Å². The molecule has 3 N–H and O–H groups in total. The average molecular weight is 230 g/mol. The summed E-state index contributed by atoms with van der Waals surface area (Å²) < 4.78 is 36.9. The van der Waals surface area contributed by atoms with E-state index in [1.54, 1.807) is 6.92 Å². The molecule has 0 aliphatic heterocycles. The Morgan fingerprint density at radius 1 is 1.31 bits per heavy atom. The first-order valence-corrected chi connectivity index (χ1v) is 4.65. The number of rotatable bonds is 3.